The molecule has 0 spiro atoms. The van der Waals surface area contributed by atoms with E-state index in [9.17, 15) is 9.59 Å². The van der Waals surface area contributed by atoms with Gasteiger partial charge in [-0.3, -0.25) is 0 Å². The third-order valence-corrected chi connectivity index (χ3v) is 0.790. The Morgan fingerprint density at radius 3 is 2.55 bits per heavy atom. The van der Waals surface area contributed by atoms with Crippen LogP contribution in [0.25, 0.3) is 0 Å². The van der Waals surface area contributed by atoms with E-state index >= 15 is 0 Å². The van der Waals surface area contributed by atoms with E-state index in [1.165, 1.54) is 0 Å². The van der Waals surface area contributed by atoms with Gasteiger partial charge in [-0.2, -0.15) is 0 Å². The zero-order valence-electron chi connectivity index (χ0n) is 6.03. The molecule has 5 heteroatoms. The number of carbonyl (C=O) groups is 2. The van der Waals surface area contributed by atoms with Gasteiger partial charge in [0.15, 0.2) is 0 Å². The third-order valence-electron chi connectivity index (χ3n) is 0.790. The summed E-state index contributed by atoms with van der Waals surface area (Å²) in [5.41, 5.74) is 4.61. The maximum atomic E-state index is 10.6. The molecule has 0 unspecified atom stereocenters. The number of carbonyl (C=O) groups excluding carboxylic acids is 1. The molecule has 0 aromatic heterocycles. The summed E-state index contributed by atoms with van der Waals surface area (Å²) in [6.07, 6.45) is 0.595. The van der Waals surface area contributed by atoms with Crippen molar-refractivity contribution in [2.75, 3.05) is 6.61 Å². The van der Waals surface area contributed by atoms with E-state index in [0.717, 1.165) is 0 Å². The first-order valence-corrected chi connectivity index (χ1v) is 2.95. The number of aliphatic carboxylic acids is 1. The van der Waals surface area contributed by atoms with Crippen molar-refractivity contribution in [2.45, 2.75) is 6.92 Å². The quantitative estimate of drug-likeness (QED) is 0.427. The number of nitrogens with two attached hydrogens (primary N) is 1. The maximum Gasteiger partial charge on any atom is 0.354 e. The molecular formula is C6H9NO4. The van der Waals surface area contributed by atoms with Gasteiger partial charge in [-0.15, -0.1) is 0 Å². The van der Waals surface area contributed by atoms with Gasteiger partial charge >= 0.3 is 11.9 Å². The van der Waals surface area contributed by atoms with Crippen LogP contribution in [0.5, 0.6) is 0 Å². The first kappa shape index (κ1) is 9.48. The lowest BCUT2D eigenvalue weighted by atomic mass is 10.4. The molecule has 0 rings (SSSR count). The van der Waals surface area contributed by atoms with E-state index in [-0.39, 0.29) is 6.61 Å². The number of ether oxygens (including phenoxy) is 1. The SMILES string of the molecule is CCOC(=O)/C(N)=C\C(=O)O. The fourth-order valence-corrected chi connectivity index (χ4v) is 0.406. The Hall–Kier alpha value is -1.52. The molecule has 0 aromatic rings. The highest BCUT2D eigenvalue weighted by Crippen LogP contribution is 1.88. The molecule has 0 saturated heterocycles. The lowest BCUT2D eigenvalue weighted by Gasteiger charge is -1.98. The van der Waals surface area contributed by atoms with E-state index in [2.05, 4.69) is 4.74 Å². The highest BCUT2D eigenvalue weighted by atomic mass is 16.5. The number of esters is 1. The molecule has 5 nitrogen and oxygen atoms in total. The monoisotopic (exact) mass is 159 g/mol. The van der Waals surface area contributed by atoms with E-state index in [0.29, 0.717) is 6.08 Å². The van der Waals surface area contributed by atoms with Gasteiger partial charge in [-0.25, -0.2) is 9.59 Å². The van der Waals surface area contributed by atoms with Crippen molar-refractivity contribution < 1.29 is 19.4 Å². The van der Waals surface area contributed by atoms with Crippen LogP contribution in [0.4, 0.5) is 0 Å². The summed E-state index contributed by atoms with van der Waals surface area (Å²) >= 11 is 0. The van der Waals surface area contributed by atoms with Crippen molar-refractivity contribution in [1.82, 2.24) is 0 Å². The summed E-state index contributed by atoms with van der Waals surface area (Å²) in [4.78, 5) is 20.6. The van der Waals surface area contributed by atoms with Gasteiger partial charge in [0.2, 0.25) is 0 Å². The van der Waals surface area contributed by atoms with Crippen molar-refractivity contribution >= 4 is 11.9 Å². The van der Waals surface area contributed by atoms with E-state index in [1.807, 2.05) is 0 Å². The molecule has 0 radical (unpaired) electrons. The van der Waals surface area contributed by atoms with Crippen molar-refractivity contribution in [2.24, 2.45) is 5.73 Å². The Balaban J connectivity index is 4.12. The molecule has 0 aliphatic carbocycles. The van der Waals surface area contributed by atoms with Crippen LogP contribution in [0.15, 0.2) is 11.8 Å². The molecule has 0 aromatic carbocycles. The molecule has 0 heterocycles. The molecule has 0 fully saturated rings. The summed E-state index contributed by atoms with van der Waals surface area (Å²) in [6, 6.07) is 0. The number of rotatable bonds is 3. The smallest absolute Gasteiger partial charge is 0.354 e. The van der Waals surface area contributed by atoms with Crippen LogP contribution in [0.3, 0.4) is 0 Å². The normalized spacial score (nSPS) is 10.8. The molecule has 62 valence electrons. The molecule has 0 saturated carbocycles. The Bertz CT molecular complexity index is 197. The average molecular weight is 159 g/mol. The highest BCUT2D eigenvalue weighted by Gasteiger charge is 2.06. The number of hydrogen-bond donors (Lipinski definition) is 2. The van der Waals surface area contributed by atoms with Crippen molar-refractivity contribution in [3.05, 3.63) is 11.8 Å². The maximum absolute atomic E-state index is 10.6. The van der Waals surface area contributed by atoms with Gasteiger partial charge in [-0.1, -0.05) is 0 Å². The molecule has 3 N–H and O–H groups in total. The standard InChI is InChI=1S/C6H9NO4/c1-2-11-6(10)4(7)3-5(8)9/h3H,2,7H2,1H3,(H,8,9)/b4-3+. The van der Waals surface area contributed by atoms with Crippen LogP contribution in [-0.4, -0.2) is 23.7 Å². The predicted molar refractivity (Wildman–Crippen MR) is 36.5 cm³/mol. The number of hydrogen-bond acceptors (Lipinski definition) is 4. The van der Waals surface area contributed by atoms with Gasteiger partial charge in [0, 0.05) is 0 Å². The van der Waals surface area contributed by atoms with E-state index < -0.39 is 17.6 Å². The molecule has 0 bridgehead atoms. The minimum atomic E-state index is -1.27. The van der Waals surface area contributed by atoms with Crippen molar-refractivity contribution in [3.63, 3.8) is 0 Å². The lowest BCUT2D eigenvalue weighted by molar-refractivity contribution is -0.139. The second-order valence-corrected chi connectivity index (χ2v) is 1.66. The van der Waals surface area contributed by atoms with Gasteiger partial charge in [0.1, 0.15) is 5.70 Å². The van der Waals surface area contributed by atoms with Crippen LogP contribution in [0.1, 0.15) is 6.92 Å². The van der Waals surface area contributed by atoms with Crippen LogP contribution >= 0.6 is 0 Å². The molecule has 11 heavy (non-hydrogen) atoms. The summed E-state index contributed by atoms with van der Waals surface area (Å²) in [5, 5.41) is 8.14. The van der Waals surface area contributed by atoms with Crippen molar-refractivity contribution in [3.8, 4) is 0 Å². The third kappa shape index (κ3) is 3.96. The number of carboxylic acids is 1. The van der Waals surface area contributed by atoms with E-state index in [1.54, 1.807) is 6.92 Å². The van der Waals surface area contributed by atoms with Crippen LogP contribution < -0.4 is 5.73 Å². The van der Waals surface area contributed by atoms with Crippen LogP contribution in [0, 0.1) is 0 Å². The molecule has 0 aliphatic heterocycles. The van der Waals surface area contributed by atoms with Gasteiger partial charge in [0.05, 0.1) is 12.7 Å². The average Bonchev–Trinajstić information content (AvgIpc) is 1.86. The van der Waals surface area contributed by atoms with Crippen LogP contribution in [0.2, 0.25) is 0 Å². The minimum absolute atomic E-state index is 0.174. The fraction of sp³-hybridized carbons (Fsp3) is 0.333. The van der Waals surface area contributed by atoms with E-state index in [4.69, 9.17) is 10.8 Å². The zero-order valence-corrected chi connectivity index (χ0v) is 6.03. The Morgan fingerprint density at radius 1 is 1.64 bits per heavy atom. The topological polar surface area (TPSA) is 89.6 Å². The zero-order chi connectivity index (χ0) is 8.85. The largest absolute Gasteiger partial charge is 0.478 e. The van der Waals surface area contributed by atoms with Crippen molar-refractivity contribution in [1.29, 1.82) is 0 Å². The van der Waals surface area contributed by atoms with Gasteiger partial charge in [0.25, 0.3) is 0 Å². The highest BCUT2D eigenvalue weighted by molar-refractivity contribution is 5.94. The Labute approximate surface area is 63.4 Å². The first-order valence-electron chi connectivity index (χ1n) is 2.95. The molecular weight excluding hydrogens is 150 g/mol. The summed E-state index contributed by atoms with van der Waals surface area (Å²) < 4.78 is 4.41. The molecule has 0 amide bonds. The summed E-state index contributed by atoms with van der Waals surface area (Å²) in [6.45, 7) is 1.78. The lowest BCUT2D eigenvalue weighted by Crippen LogP contribution is -2.16. The Kier molecular flexibility index (Phi) is 3.72. The Morgan fingerprint density at radius 2 is 2.18 bits per heavy atom. The number of carboxylic acid groups (broad SMARTS) is 1. The first-order chi connectivity index (χ1) is 5.07. The molecule has 0 aliphatic rings. The van der Waals surface area contributed by atoms with Crippen LogP contribution in [-0.2, 0) is 14.3 Å². The van der Waals surface area contributed by atoms with Gasteiger partial charge < -0.3 is 15.6 Å². The second kappa shape index (κ2) is 4.32. The van der Waals surface area contributed by atoms with Gasteiger partial charge in [-0.05, 0) is 6.92 Å². The summed E-state index contributed by atoms with van der Waals surface area (Å²) in [7, 11) is 0. The predicted octanol–water partition coefficient (Wildman–Crippen LogP) is -0.523. The second-order valence-electron chi connectivity index (χ2n) is 1.66. The molecule has 0 atom stereocenters. The minimum Gasteiger partial charge on any atom is -0.478 e. The summed E-state index contributed by atoms with van der Waals surface area (Å²) in [5.74, 6) is -2.08. The fourth-order valence-electron chi connectivity index (χ4n) is 0.406.